The summed E-state index contributed by atoms with van der Waals surface area (Å²) in [6.07, 6.45) is 0. The SMILES string of the molecule is Cc1cc(C(=O)c2ccccc2C(C)(C)C)sc1Br. The number of ketones is 1. The predicted octanol–water partition coefficient (Wildman–Crippen LogP) is 5.35. The van der Waals surface area contributed by atoms with E-state index in [2.05, 4.69) is 36.7 Å². The third kappa shape index (κ3) is 2.98. The van der Waals surface area contributed by atoms with Crippen LogP contribution in [0.5, 0.6) is 0 Å². The lowest BCUT2D eigenvalue weighted by Gasteiger charge is -2.22. The summed E-state index contributed by atoms with van der Waals surface area (Å²) < 4.78 is 1.03. The maximum Gasteiger partial charge on any atom is 0.203 e. The van der Waals surface area contributed by atoms with Crippen molar-refractivity contribution in [3.8, 4) is 0 Å². The number of rotatable bonds is 2. The normalized spacial score (nSPS) is 11.6. The molecule has 3 heteroatoms. The largest absolute Gasteiger partial charge is 0.288 e. The second kappa shape index (κ2) is 5.22. The smallest absolute Gasteiger partial charge is 0.203 e. The molecular formula is C16H17BrOS. The van der Waals surface area contributed by atoms with Crippen LogP contribution < -0.4 is 0 Å². The molecule has 1 nitrogen and oxygen atoms in total. The quantitative estimate of drug-likeness (QED) is 0.675. The van der Waals surface area contributed by atoms with Gasteiger partial charge in [-0.1, -0.05) is 45.0 Å². The molecule has 2 aromatic rings. The Labute approximate surface area is 126 Å². The molecule has 2 rings (SSSR count). The molecule has 0 fully saturated rings. The van der Waals surface area contributed by atoms with Gasteiger partial charge in [0.05, 0.1) is 8.66 Å². The second-order valence-corrected chi connectivity index (χ2v) is 8.06. The van der Waals surface area contributed by atoms with Gasteiger partial charge in [-0.3, -0.25) is 4.79 Å². The molecule has 0 atom stereocenters. The van der Waals surface area contributed by atoms with Crippen molar-refractivity contribution in [3.63, 3.8) is 0 Å². The first-order valence-electron chi connectivity index (χ1n) is 6.21. The van der Waals surface area contributed by atoms with Crippen LogP contribution in [0, 0.1) is 6.92 Å². The van der Waals surface area contributed by atoms with Crippen molar-refractivity contribution < 1.29 is 4.79 Å². The molecule has 0 aliphatic heterocycles. The minimum absolute atomic E-state index is 0.0320. The fourth-order valence-corrected chi connectivity index (χ4v) is 3.53. The molecule has 0 radical (unpaired) electrons. The van der Waals surface area contributed by atoms with Gasteiger partial charge in [0.25, 0.3) is 0 Å². The number of thiophene rings is 1. The summed E-state index contributed by atoms with van der Waals surface area (Å²) in [5.41, 5.74) is 2.99. The van der Waals surface area contributed by atoms with Crippen LogP contribution in [0.4, 0.5) is 0 Å². The zero-order chi connectivity index (χ0) is 14.2. The van der Waals surface area contributed by atoms with Gasteiger partial charge in [-0.05, 0) is 45.5 Å². The maximum atomic E-state index is 12.7. The van der Waals surface area contributed by atoms with Crippen molar-refractivity contribution in [1.29, 1.82) is 0 Å². The topological polar surface area (TPSA) is 17.1 Å². The first kappa shape index (κ1) is 14.5. The van der Waals surface area contributed by atoms with E-state index in [4.69, 9.17) is 0 Å². The van der Waals surface area contributed by atoms with Gasteiger partial charge in [-0.2, -0.15) is 0 Å². The highest BCUT2D eigenvalue weighted by atomic mass is 79.9. The molecule has 1 aromatic carbocycles. The van der Waals surface area contributed by atoms with E-state index in [0.29, 0.717) is 0 Å². The first-order chi connectivity index (χ1) is 8.80. The van der Waals surface area contributed by atoms with Crippen molar-refractivity contribution in [2.24, 2.45) is 0 Å². The Balaban J connectivity index is 2.51. The van der Waals surface area contributed by atoms with Gasteiger partial charge in [0.2, 0.25) is 5.78 Å². The zero-order valence-electron chi connectivity index (χ0n) is 11.6. The van der Waals surface area contributed by atoms with Crippen LogP contribution in [0.3, 0.4) is 0 Å². The lowest BCUT2D eigenvalue weighted by molar-refractivity contribution is 0.104. The van der Waals surface area contributed by atoms with E-state index >= 15 is 0 Å². The number of aryl methyl sites for hydroxylation is 1. The summed E-state index contributed by atoms with van der Waals surface area (Å²) >= 11 is 4.98. The highest BCUT2D eigenvalue weighted by Gasteiger charge is 2.23. The van der Waals surface area contributed by atoms with E-state index in [0.717, 1.165) is 25.4 Å². The van der Waals surface area contributed by atoms with E-state index in [9.17, 15) is 4.79 Å². The summed E-state index contributed by atoms with van der Waals surface area (Å²) in [6, 6.07) is 9.84. The number of benzene rings is 1. The van der Waals surface area contributed by atoms with E-state index < -0.39 is 0 Å². The van der Waals surface area contributed by atoms with Gasteiger partial charge in [-0.25, -0.2) is 0 Å². The summed E-state index contributed by atoms with van der Waals surface area (Å²) in [4.78, 5) is 13.5. The Bertz CT molecular complexity index is 600. The van der Waals surface area contributed by atoms with Crippen molar-refractivity contribution in [2.45, 2.75) is 33.1 Å². The average Bonchev–Trinajstić information content (AvgIpc) is 2.68. The van der Waals surface area contributed by atoms with Crippen molar-refractivity contribution >= 4 is 33.0 Å². The van der Waals surface area contributed by atoms with Crippen molar-refractivity contribution in [3.05, 3.63) is 55.7 Å². The molecule has 0 aliphatic carbocycles. The number of hydrogen-bond acceptors (Lipinski definition) is 2. The van der Waals surface area contributed by atoms with Gasteiger partial charge in [-0.15, -0.1) is 11.3 Å². The molecule has 0 unspecified atom stereocenters. The highest BCUT2D eigenvalue weighted by Crippen LogP contribution is 2.32. The second-order valence-electron chi connectivity index (χ2n) is 5.69. The van der Waals surface area contributed by atoms with Crippen LogP contribution in [-0.2, 0) is 5.41 Å². The number of halogens is 1. The standard InChI is InChI=1S/C16H17BrOS/c1-10-9-13(19-15(10)17)14(18)11-7-5-6-8-12(11)16(2,3)4/h5-9H,1-4H3. The molecule has 100 valence electrons. The fourth-order valence-electron chi connectivity index (χ4n) is 2.04. The third-order valence-corrected chi connectivity index (χ3v) is 5.20. The molecule has 1 aromatic heterocycles. The number of carbonyl (C=O) groups excluding carboxylic acids is 1. The van der Waals surface area contributed by atoms with Crippen molar-refractivity contribution in [2.75, 3.05) is 0 Å². The van der Waals surface area contributed by atoms with Gasteiger partial charge in [0, 0.05) is 5.56 Å². The molecule has 0 aliphatic rings. The number of hydrogen-bond donors (Lipinski definition) is 0. The van der Waals surface area contributed by atoms with Gasteiger partial charge >= 0.3 is 0 Å². The molecular weight excluding hydrogens is 320 g/mol. The number of carbonyl (C=O) groups is 1. The molecule has 19 heavy (non-hydrogen) atoms. The molecule has 0 bridgehead atoms. The summed E-state index contributed by atoms with van der Waals surface area (Å²) in [7, 11) is 0. The van der Waals surface area contributed by atoms with Gasteiger partial charge in [0.1, 0.15) is 0 Å². The highest BCUT2D eigenvalue weighted by molar-refractivity contribution is 9.11. The summed E-state index contributed by atoms with van der Waals surface area (Å²) in [6.45, 7) is 8.41. The van der Waals surface area contributed by atoms with Crippen LogP contribution in [0.25, 0.3) is 0 Å². The van der Waals surface area contributed by atoms with Crippen LogP contribution in [0.1, 0.15) is 47.1 Å². The Kier molecular flexibility index (Phi) is 3.98. The molecule has 0 saturated heterocycles. The van der Waals surface area contributed by atoms with Crippen LogP contribution in [0.15, 0.2) is 34.1 Å². The molecule has 0 saturated carbocycles. The molecule has 0 N–H and O–H groups in total. The molecule has 1 heterocycles. The van der Waals surface area contributed by atoms with Crippen LogP contribution in [-0.4, -0.2) is 5.78 Å². The monoisotopic (exact) mass is 336 g/mol. The first-order valence-corrected chi connectivity index (χ1v) is 7.82. The average molecular weight is 337 g/mol. The van der Waals surface area contributed by atoms with Gasteiger partial charge in [0.15, 0.2) is 0 Å². The Morgan fingerprint density at radius 1 is 1.21 bits per heavy atom. The van der Waals surface area contributed by atoms with E-state index in [1.807, 2.05) is 37.3 Å². The van der Waals surface area contributed by atoms with Crippen molar-refractivity contribution in [1.82, 2.24) is 0 Å². The lowest BCUT2D eigenvalue weighted by atomic mass is 9.82. The van der Waals surface area contributed by atoms with E-state index in [1.165, 1.54) is 11.3 Å². The molecule has 0 spiro atoms. The summed E-state index contributed by atoms with van der Waals surface area (Å²) in [5, 5.41) is 0. The van der Waals surface area contributed by atoms with Gasteiger partial charge < -0.3 is 0 Å². The lowest BCUT2D eigenvalue weighted by Crippen LogP contribution is -2.16. The Hall–Kier alpha value is -0.930. The third-order valence-electron chi connectivity index (χ3n) is 3.06. The fraction of sp³-hybridized carbons (Fsp3) is 0.312. The maximum absolute atomic E-state index is 12.7. The minimum atomic E-state index is -0.0320. The Morgan fingerprint density at radius 3 is 2.37 bits per heavy atom. The molecule has 0 amide bonds. The Morgan fingerprint density at radius 2 is 1.84 bits per heavy atom. The summed E-state index contributed by atoms with van der Waals surface area (Å²) in [5.74, 6) is 0.115. The minimum Gasteiger partial charge on any atom is -0.288 e. The van der Waals surface area contributed by atoms with Crippen LogP contribution >= 0.6 is 27.3 Å². The van der Waals surface area contributed by atoms with Crippen LogP contribution in [0.2, 0.25) is 0 Å². The van der Waals surface area contributed by atoms with E-state index in [-0.39, 0.29) is 11.2 Å². The zero-order valence-corrected chi connectivity index (χ0v) is 14.0. The van der Waals surface area contributed by atoms with E-state index in [1.54, 1.807) is 0 Å². The predicted molar refractivity (Wildman–Crippen MR) is 85.3 cm³/mol.